The molecule has 1 radical (unpaired) electrons. The summed E-state index contributed by atoms with van der Waals surface area (Å²) in [7, 11) is 0. The Hall–Kier alpha value is -2.95. The first-order valence-electron chi connectivity index (χ1n) is 12.0. The SMILES string of the molecule is CC(C)(C)C1=N[N-]C(c2ccccn2)C1.CC1(C)c2c([c-]ccc2F)-c2nccc3cccc1c23.[Ir]. The van der Waals surface area contributed by atoms with Gasteiger partial charge < -0.3 is 15.5 Å². The zero-order chi connectivity index (χ0) is 24.8. The summed E-state index contributed by atoms with van der Waals surface area (Å²) in [6.07, 6.45) is 4.49. The fraction of sp³-hybridized carbons (Fsp3) is 0.300. The Morgan fingerprint density at radius 2 is 1.81 bits per heavy atom. The van der Waals surface area contributed by atoms with Gasteiger partial charge in [0.25, 0.3) is 0 Å². The Labute approximate surface area is 225 Å². The van der Waals surface area contributed by atoms with Crippen molar-refractivity contribution in [2.75, 3.05) is 0 Å². The van der Waals surface area contributed by atoms with E-state index in [0.717, 1.165) is 45.4 Å². The standard InChI is InChI=1S/C18H13FN.C12H16N3.Ir/c1-18(2)13-7-3-5-11-9-10-20-17(15(11)13)12-6-4-8-14(19)16(12)18;1-12(2,3)11-8-10(14-15-11)9-6-4-5-7-13-9;/h3-5,7-10H,1-2H3;4-7,10H,8H2,1-3H3;/q2*-1;. The van der Waals surface area contributed by atoms with E-state index in [2.05, 4.69) is 73.3 Å². The van der Waals surface area contributed by atoms with Gasteiger partial charge in [-0.2, -0.15) is 0 Å². The minimum absolute atomic E-state index is 0. The first kappa shape index (κ1) is 26.1. The van der Waals surface area contributed by atoms with Gasteiger partial charge in [-0.15, -0.1) is 23.8 Å². The second-order valence-corrected chi connectivity index (χ2v) is 10.7. The smallest absolute Gasteiger partial charge is 0.0459 e. The Morgan fingerprint density at radius 3 is 2.50 bits per heavy atom. The molecule has 4 aromatic rings. The number of halogens is 1. The first-order chi connectivity index (χ1) is 16.7. The van der Waals surface area contributed by atoms with Gasteiger partial charge in [0.1, 0.15) is 0 Å². The van der Waals surface area contributed by atoms with E-state index in [4.69, 9.17) is 0 Å². The van der Waals surface area contributed by atoms with Crippen molar-refractivity contribution in [3.05, 3.63) is 101 Å². The predicted molar refractivity (Wildman–Crippen MR) is 140 cm³/mol. The van der Waals surface area contributed by atoms with Crippen molar-refractivity contribution in [1.29, 1.82) is 0 Å². The number of benzene rings is 2. The molecule has 36 heavy (non-hydrogen) atoms. The van der Waals surface area contributed by atoms with E-state index in [0.29, 0.717) is 5.56 Å². The number of nitrogens with zero attached hydrogens (tertiary/aromatic N) is 4. The van der Waals surface area contributed by atoms with E-state index in [1.165, 1.54) is 6.07 Å². The summed E-state index contributed by atoms with van der Waals surface area (Å²) in [6.45, 7) is 10.6. The maximum absolute atomic E-state index is 14.4. The van der Waals surface area contributed by atoms with Crippen molar-refractivity contribution in [2.45, 2.75) is 52.5 Å². The van der Waals surface area contributed by atoms with E-state index < -0.39 is 0 Å². The molecule has 1 unspecified atom stereocenters. The predicted octanol–water partition coefficient (Wildman–Crippen LogP) is 7.78. The van der Waals surface area contributed by atoms with Gasteiger partial charge in [-0.05, 0) is 63.2 Å². The van der Waals surface area contributed by atoms with Gasteiger partial charge in [-0.25, -0.2) is 4.39 Å². The van der Waals surface area contributed by atoms with Crippen molar-refractivity contribution in [1.82, 2.24) is 9.97 Å². The number of fused-ring (bicyclic) bond motifs is 2. The average molecular weight is 657 g/mol. The molecule has 0 saturated carbocycles. The summed E-state index contributed by atoms with van der Waals surface area (Å²) in [5, 5.41) is 6.53. The molecule has 1 aliphatic carbocycles. The molecule has 3 heterocycles. The molecule has 2 aromatic heterocycles. The minimum Gasteiger partial charge on any atom is -0.594 e. The monoisotopic (exact) mass is 657 g/mol. The van der Waals surface area contributed by atoms with E-state index in [1.54, 1.807) is 18.5 Å². The molecule has 1 atom stereocenters. The molecule has 0 fully saturated rings. The molecular weight excluding hydrogens is 628 g/mol. The second kappa shape index (κ2) is 9.84. The van der Waals surface area contributed by atoms with Crippen LogP contribution in [0.1, 0.15) is 63.9 Å². The Morgan fingerprint density at radius 1 is 1.00 bits per heavy atom. The average Bonchev–Trinajstić information content (AvgIpc) is 3.35. The molecule has 2 aromatic carbocycles. The molecule has 0 saturated heterocycles. The first-order valence-corrected chi connectivity index (χ1v) is 12.0. The molecule has 1 aliphatic heterocycles. The number of rotatable bonds is 1. The largest absolute Gasteiger partial charge is 0.594 e. The van der Waals surface area contributed by atoms with Crippen LogP contribution in [0.25, 0.3) is 27.5 Å². The van der Waals surface area contributed by atoms with Crippen LogP contribution in [0.5, 0.6) is 0 Å². The third kappa shape index (κ3) is 4.60. The molecule has 2 aliphatic rings. The summed E-state index contributed by atoms with van der Waals surface area (Å²) in [6, 6.07) is 20.5. The fourth-order valence-electron chi connectivity index (χ4n) is 4.94. The van der Waals surface area contributed by atoms with Crippen LogP contribution in [0.4, 0.5) is 4.39 Å². The Balaban J connectivity index is 0.000000172. The quantitative estimate of drug-likeness (QED) is 0.197. The van der Waals surface area contributed by atoms with Crippen LogP contribution in [-0.2, 0) is 25.5 Å². The molecule has 0 bridgehead atoms. The number of hydrogen-bond donors (Lipinski definition) is 0. The minimum atomic E-state index is -0.382. The van der Waals surface area contributed by atoms with Crippen molar-refractivity contribution in [3.8, 4) is 11.3 Å². The van der Waals surface area contributed by atoms with Crippen LogP contribution in [-0.4, -0.2) is 15.7 Å². The van der Waals surface area contributed by atoms with Gasteiger partial charge in [0.05, 0.1) is 0 Å². The number of aromatic nitrogens is 2. The molecule has 6 rings (SSSR count). The summed E-state index contributed by atoms with van der Waals surface area (Å²) < 4.78 is 14.4. The van der Waals surface area contributed by atoms with Crippen LogP contribution in [0.15, 0.2) is 72.1 Å². The van der Waals surface area contributed by atoms with Gasteiger partial charge in [-0.3, -0.25) is 4.98 Å². The molecule has 6 heteroatoms. The third-order valence-electron chi connectivity index (χ3n) is 6.87. The summed E-state index contributed by atoms with van der Waals surface area (Å²) in [5.41, 5.74) is 9.65. The zero-order valence-corrected chi connectivity index (χ0v) is 23.5. The zero-order valence-electron chi connectivity index (χ0n) is 21.1. The second-order valence-electron chi connectivity index (χ2n) is 10.7. The van der Waals surface area contributed by atoms with Crippen molar-refractivity contribution >= 4 is 16.5 Å². The van der Waals surface area contributed by atoms with Crippen LogP contribution < -0.4 is 0 Å². The molecular formula is C30H29FIrN4-2. The number of hydrogen-bond acceptors (Lipinski definition) is 3. The van der Waals surface area contributed by atoms with E-state index in [1.807, 2.05) is 30.3 Å². The Bertz CT molecular complexity index is 1420. The van der Waals surface area contributed by atoms with Crippen molar-refractivity contribution in [2.24, 2.45) is 10.5 Å². The van der Waals surface area contributed by atoms with Crippen LogP contribution in [0.2, 0.25) is 0 Å². The maximum Gasteiger partial charge on any atom is 0.0459 e. The van der Waals surface area contributed by atoms with Crippen molar-refractivity contribution in [3.63, 3.8) is 0 Å². The van der Waals surface area contributed by atoms with Gasteiger partial charge in [0, 0.05) is 44.0 Å². The summed E-state index contributed by atoms with van der Waals surface area (Å²) in [4.78, 5) is 8.80. The summed E-state index contributed by atoms with van der Waals surface area (Å²) >= 11 is 0. The molecule has 0 N–H and O–H groups in total. The topological polar surface area (TPSA) is 52.2 Å². The Kier molecular flexibility index (Phi) is 7.14. The van der Waals surface area contributed by atoms with Crippen LogP contribution >= 0.6 is 0 Å². The molecule has 187 valence electrons. The van der Waals surface area contributed by atoms with E-state index in [9.17, 15) is 4.39 Å². The number of pyridine rings is 2. The molecule has 0 spiro atoms. The maximum atomic E-state index is 14.4. The van der Waals surface area contributed by atoms with Gasteiger partial charge >= 0.3 is 0 Å². The van der Waals surface area contributed by atoms with E-state index >= 15 is 0 Å². The van der Waals surface area contributed by atoms with Crippen LogP contribution in [0, 0.1) is 17.3 Å². The van der Waals surface area contributed by atoms with Gasteiger partial charge in [0.15, 0.2) is 0 Å². The third-order valence-corrected chi connectivity index (χ3v) is 6.87. The van der Waals surface area contributed by atoms with Crippen LogP contribution in [0.3, 0.4) is 0 Å². The molecule has 0 amide bonds. The van der Waals surface area contributed by atoms with Gasteiger partial charge in [0.2, 0.25) is 0 Å². The van der Waals surface area contributed by atoms with Gasteiger partial charge in [-0.1, -0.05) is 70.5 Å². The normalized spacial score (nSPS) is 17.2. The summed E-state index contributed by atoms with van der Waals surface area (Å²) in [5.74, 6) is -0.183. The van der Waals surface area contributed by atoms with Crippen molar-refractivity contribution < 1.29 is 24.5 Å². The van der Waals surface area contributed by atoms with E-state index in [-0.39, 0.29) is 42.8 Å². The fourth-order valence-corrected chi connectivity index (χ4v) is 4.94. The molecule has 4 nitrogen and oxygen atoms in total.